The van der Waals surface area contributed by atoms with E-state index in [1.54, 1.807) is 6.92 Å². The van der Waals surface area contributed by atoms with Crippen LogP contribution in [0.3, 0.4) is 0 Å². The van der Waals surface area contributed by atoms with Crippen molar-refractivity contribution in [2.45, 2.75) is 316 Å². The van der Waals surface area contributed by atoms with Gasteiger partial charge in [0.2, 0.25) is 0 Å². The second-order valence-electron chi connectivity index (χ2n) is 30.8. The summed E-state index contributed by atoms with van der Waals surface area (Å²) in [5.41, 5.74) is -15.9. The minimum Gasteiger partial charge on any atom is -0.247 e. The van der Waals surface area contributed by atoms with Crippen molar-refractivity contribution < 1.29 is 0 Å². The van der Waals surface area contributed by atoms with E-state index < -0.39 is 137 Å². The first-order valence-corrected chi connectivity index (χ1v) is 46.7. The number of allylic oxidation sites excluding steroid dienone is 3. The molecule has 0 aliphatic carbocycles. The first-order chi connectivity index (χ1) is 68.6. The monoisotopic (exact) mass is 2000 g/mol. The lowest BCUT2D eigenvalue weighted by molar-refractivity contribution is 0.443. The molecule has 8 aromatic rings. The number of terminal acetylenes is 6. The largest absolute Gasteiger partial charge is 0.360 e. The van der Waals surface area contributed by atoms with Gasteiger partial charge in [-0.1, -0.05) is 197 Å². The van der Waals surface area contributed by atoms with E-state index in [1.165, 1.54) is 18.2 Å². The van der Waals surface area contributed by atoms with Crippen molar-refractivity contribution in [2.75, 3.05) is 0 Å². The zero-order chi connectivity index (χ0) is 110. The molecule has 0 fully saturated rings. The van der Waals surface area contributed by atoms with Gasteiger partial charge in [-0.2, -0.15) is 13.7 Å². The van der Waals surface area contributed by atoms with Crippen molar-refractivity contribution >= 4 is 18.6 Å². The van der Waals surface area contributed by atoms with Crippen molar-refractivity contribution in [1.29, 1.82) is 0 Å². The summed E-state index contributed by atoms with van der Waals surface area (Å²) >= 11 is 0. The number of unbranched alkanes of at least 4 members (excludes halogenated alkanes) is 6. The van der Waals surface area contributed by atoms with E-state index in [9.17, 15) is 115 Å². The van der Waals surface area contributed by atoms with Crippen LogP contribution in [0.1, 0.15) is 199 Å². The predicted octanol–water partition coefficient (Wildman–Crippen LogP) is -1.29. The maximum atomic E-state index is 12.3. The van der Waals surface area contributed by atoms with Gasteiger partial charge in [0, 0.05) is 115 Å². The Morgan fingerprint density at radius 3 is 0.507 bits per heavy atom. The van der Waals surface area contributed by atoms with Gasteiger partial charge in [0.05, 0.1) is 39.3 Å². The van der Waals surface area contributed by atoms with Gasteiger partial charge in [0.25, 0.3) is 0 Å². The van der Waals surface area contributed by atoms with Crippen LogP contribution >= 0.6 is 0 Å². The van der Waals surface area contributed by atoms with Crippen LogP contribution in [-0.2, 0) is 118 Å². The minimum atomic E-state index is -0.993. The molecule has 48 heteroatoms. The zero-order valence-electron chi connectivity index (χ0n) is 84.2. The molecule has 0 amide bonds. The Morgan fingerprint density at radius 1 is 0.181 bits per heavy atom. The summed E-state index contributed by atoms with van der Waals surface area (Å²) in [5.74, 6) is 6.67. The summed E-state index contributed by atoms with van der Waals surface area (Å²) in [4.78, 5) is 286. The molecule has 0 aromatic carbocycles. The van der Waals surface area contributed by atoms with Gasteiger partial charge in [-0.15, -0.1) is 39.0 Å². The fraction of sp³-hybridized carbons (Fsp3) is 0.500. The molecular formula is C96H132N24O24. The lowest BCUT2D eigenvalue weighted by Gasteiger charge is -2.12. The van der Waals surface area contributed by atoms with E-state index in [4.69, 9.17) is 38.5 Å². The maximum Gasteiger partial charge on any atom is 0.360 e. The van der Waals surface area contributed by atoms with Gasteiger partial charge in [-0.05, 0) is 77.0 Å². The summed E-state index contributed by atoms with van der Waals surface area (Å²) in [6.07, 6.45) is 51.3. The van der Waals surface area contributed by atoms with Crippen LogP contribution in [0.5, 0.6) is 0 Å². The third kappa shape index (κ3) is 31.5. The first-order valence-electron chi connectivity index (χ1n) is 46.7. The highest BCUT2D eigenvalue weighted by Crippen LogP contribution is 1.96. The molecule has 0 N–H and O–H groups in total. The van der Waals surface area contributed by atoms with Gasteiger partial charge >= 0.3 is 137 Å². The van der Waals surface area contributed by atoms with Crippen molar-refractivity contribution in [1.82, 2.24) is 110 Å². The lowest BCUT2D eigenvalue weighted by atomic mass is 10.3. The third-order valence-corrected chi connectivity index (χ3v) is 20.4. The summed E-state index contributed by atoms with van der Waals surface area (Å²) < 4.78 is 22.3. The predicted molar refractivity (Wildman–Crippen MR) is 554 cm³/mol. The third-order valence-electron chi connectivity index (χ3n) is 20.4. The van der Waals surface area contributed by atoms with Crippen molar-refractivity contribution in [2.24, 2.45) is 0 Å². The molecule has 0 radical (unpaired) electrons. The first kappa shape index (κ1) is 125. The molecule has 0 spiro atoms. The molecule has 0 saturated heterocycles. The highest BCUT2D eigenvalue weighted by atomic mass is 16.2. The normalized spacial score (nSPS) is 10.2. The van der Waals surface area contributed by atoms with Crippen LogP contribution in [0.15, 0.2) is 173 Å². The number of aromatic nitrogens is 24. The molecule has 0 unspecified atom stereocenters. The van der Waals surface area contributed by atoms with Crippen molar-refractivity contribution in [3.05, 3.63) is 309 Å². The Kier molecular flexibility index (Phi) is 55.9. The number of hydrogen-bond donors (Lipinski definition) is 0. The van der Waals surface area contributed by atoms with Gasteiger partial charge in [-0.25, -0.2) is 211 Å². The van der Waals surface area contributed by atoms with E-state index in [1.807, 2.05) is 94.3 Å². The standard InChI is InChI=1S/C14H23N3O3.C13H21N3O3.C13H19N3O3.C12H17N3O3.C12H13N3O3.2C11H15N3O3.C10H9N3O3/c1-4-7-10-16-12(18)15(9-6-3)13(19)17(14(16)20)11-8-5-2;1-4-7-9-15-11(17)14(6-3)12(18)16(13(15)19)10-8-5-2;1-4-7-10-16-12(18)14(8-5-2)11(17)15(9-6-3)13(16)19;2*1-4-7-13-10(16)14(8-5-2)12(18)15(9-6-3)11(13)17;1-4-7-8-14-10(16)12(5-2)9(15)13(6-3)11(14)17;1-4-7-13-9(15)12(6-3)10(16)14(8-5-2)11(13)17;1-4-7-13-9(15)11(5-2)8(14)12(6-3)10(13)16/h6H,3-5,7-11H2,1-2H3;6H,3-5,7-10H2,1-2H3;5-6H,2-4,7-10H2,1H3;1H,5-9H2,2-3H3;1-2H,6-9H2,3H3;5-6H,2-4,7-8H2,1H3;3H,4-5,7-8H2,1-2H3;2-3H,4,7H2,1H3. The Labute approximate surface area is 824 Å². The van der Waals surface area contributed by atoms with E-state index >= 15 is 0 Å². The summed E-state index contributed by atoms with van der Waals surface area (Å²) in [5, 5.41) is 0. The highest BCUT2D eigenvalue weighted by molar-refractivity contribution is 5.20. The molecule has 0 aliphatic heterocycles. The number of hydrogen-bond acceptors (Lipinski definition) is 24. The van der Waals surface area contributed by atoms with E-state index in [2.05, 4.69) is 57.2 Å². The molecule has 0 bridgehead atoms. The SMILES string of the molecule is C#CCn1c(=O)n(CC#C)c(=O)n(CCC)c1=O.C#CCn1c(=O)n(CCC)c(=O)n(CCC)c1=O.C#Cn1c(=O)n(C#C)c(=O)n(CCC)c1=O.C#Cn1c(=O)n(CCC)c(=O)n(CCC)c1=O.C=CCn1c(=O)n(CC=C)c(=O)n(CCCC)c1=O.C=CCn1c(=O)n(CCCC)c(=O)n(CCCC)c1=O.C=Cn1c(=O)n(C=C)c(=O)n(CCCC)c1=O.C=Cn1c(=O)n(CCCC)c(=O)n(CCCC)c1=O. The average molecular weight is 2010 g/mol. The molecule has 0 saturated carbocycles. The number of nitrogens with zero attached hydrogens (tertiary/aromatic N) is 24. The molecular weight excluding hydrogens is 1870 g/mol. The van der Waals surface area contributed by atoms with Gasteiger partial charge < -0.3 is 0 Å². The van der Waals surface area contributed by atoms with Gasteiger partial charge in [0.1, 0.15) is 0 Å². The molecule has 8 rings (SSSR count). The Bertz CT molecular complexity index is 7410. The summed E-state index contributed by atoms with van der Waals surface area (Å²) in [6.45, 7) is 46.8. The van der Waals surface area contributed by atoms with Crippen molar-refractivity contribution in [3.63, 3.8) is 0 Å². The minimum absolute atomic E-state index is 0.0845. The van der Waals surface area contributed by atoms with Crippen LogP contribution in [0.2, 0.25) is 0 Å². The highest BCUT2D eigenvalue weighted by Gasteiger charge is 2.22. The van der Waals surface area contributed by atoms with Crippen LogP contribution in [-0.4, -0.2) is 110 Å². The fourth-order valence-electron chi connectivity index (χ4n) is 13.1. The topological polar surface area (TPSA) is 528 Å². The van der Waals surface area contributed by atoms with Crippen LogP contribution in [0.25, 0.3) is 18.6 Å². The van der Waals surface area contributed by atoms with Crippen LogP contribution < -0.4 is 137 Å². The summed E-state index contributed by atoms with van der Waals surface area (Å²) in [7, 11) is 0. The van der Waals surface area contributed by atoms with E-state index in [0.717, 1.165) is 179 Å². The second-order valence-corrected chi connectivity index (χ2v) is 30.8. The summed E-state index contributed by atoms with van der Waals surface area (Å²) in [6, 6.07) is 5.76. The van der Waals surface area contributed by atoms with Crippen LogP contribution in [0.4, 0.5) is 0 Å². The fourth-order valence-corrected chi connectivity index (χ4v) is 13.1. The molecule has 8 heterocycles. The van der Waals surface area contributed by atoms with E-state index in [0.29, 0.717) is 97.8 Å². The quantitative estimate of drug-likeness (QED) is 0.0317. The second kappa shape index (κ2) is 64.4. The molecule has 8 aromatic heterocycles. The average Bonchev–Trinajstić information content (AvgIpc) is 0.773. The Morgan fingerprint density at radius 2 is 0.326 bits per heavy atom. The van der Waals surface area contributed by atoms with Gasteiger partial charge in [-0.3, -0.25) is 0 Å². The molecule has 48 nitrogen and oxygen atoms in total. The van der Waals surface area contributed by atoms with Crippen LogP contribution in [0, 0.1) is 74.4 Å². The Balaban J connectivity index is 0.000000823. The molecule has 780 valence electrons. The molecule has 0 atom stereocenters. The smallest absolute Gasteiger partial charge is 0.247 e. The van der Waals surface area contributed by atoms with E-state index in [-0.39, 0.29) is 85.1 Å². The van der Waals surface area contributed by atoms with Gasteiger partial charge in [0.15, 0.2) is 0 Å². The molecule has 144 heavy (non-hydrogen) atoms. The Hall–Kier alpha value is -16.9. The number of rotatable bonds is 42. The lowest BCUT2D eigenvalue weighted by Crippen LogP contribution is -2.54. The zero-order valence-corrected chi connectivity index (χ0v) is 84.2. The van der Waals surface area contributed by atoms with Crippen molar-refractivity contribution in [3.8, 4) is 74.4 Å². The molecule has 0 aliphatic rings. The maximum absolute atomic E-state index is 12.3.